The third-order valence-corrected chi connectivity index (χ3v) is 4.37. The Morgan fingerprint density at radius 2 is 2.39 bits per heavy atom. The highest BCUT2D eigenvalue weighted by Crippen LogP contribution is 2.24. The summed E-state index contributed by atoms with van der Waals surface area (Å²) in [6, 6.07) is 6.12. The molecule has 2 rings (SSSR count). The summed E-state index contributed by atoms with van der Waals surface area (Å²) in [6.07, 6.45) is 0.134. The molecule has 1 aromatic rings. The highest BCUT2D eigenvalue weighted by molar-refractivity contribution is 9.10. The van der Waals surface area contributed by atoms with E-state index in [4.69, 9.17) is 22.1 Å². The summed E-state index contributed by atoms with van der Waals surface area (Å²) in [5.41, 5.74) is 7.14. The average molecular weight is 334 g/mol. The van der Waals surface area contributed by atoms with Crippen molar-refractivity contribution in [3.05, 3.63) is 33.3 Å². The first-order valence-corrected chi connectivity index (χ1v) is 7.27. The molecule has 0 radical (unpaired) electrons. The van der Waals surface area contributed by atoms with E-state index in [0.29, 0.717) is 0 Å². The minimum atomic E-state index is 0.0738. The summed E-state index contributed by atoms with van der Waals surface area (Å²) in [6.45, 7) is 5.48. The van der Waals surface area contributed by atoms with Gasteiger partial charge in [-0.15, -0.1) is 0 Å². The van der Waals surface area contributed by atoms with Crippen LogP contribution in [0.25, 0.3) is 0 Å². The smallest absolute Gasteiger partial charge is 0.0850 e. The van der Waals surface area contributed by atoms with Crippen LogP contribution in [-0.4, -0.2) is 36.7 Å². The molecule has 3 nitrogen and oxygen atoms in total. The summed E-state index contributed by atoms with van der Waals surface area (Å²) in [7, 11) is 0. The summed E-state index contributed by atoms with van der Waals surface area (Å²) < 4.78 is 6.60. The van der Waals surface area contributed by atoms with Crippen molar-refractivity contribution in [2.24, 2.45) is 5.73 Å². The topological polar surface area (TPSA) is 38.5 Å². The Bertz CT molecular complexity index is 414. The van der Waals surface area contributed by atoms with Gasteiger partial charge in [-0.25, -0.2) is 0 Å². The number of morpholine rings is 1. The number of ether oxygens (including phenoxy) is 1. The second kappa shape index (κ2) is 6.35. The number of benzene rings is 1. The van der Waals surface area contributed by atoms with E-state index >= 15 is 0 Å². The minimum absolute atomic E-state index is 0.0738. The molecular weight excluding hydrogens is 316 g/mol. The van der Waals surface area contributed by atoms with Crippen LogP contribution in [0, 0.1) is 0 Å². The van der Waals surface area contributed by atoms with Crippen molar-refractivity contribution < 1.29 is 4.74 Å². The SMILES string of the molecule is CC(N)C1CN(Cc2ccc(Cl)c(Br)c2)CCO1. The molecule has 1 saturated heterocycles. The first-order valence-electron chi connectivity index (χ1n) is 6.09. The van der Waals surface area contributed by atoms with E-state index in [-0.39, 0.29) is 12.1 Å². The monoisotopic (exact) mass is 332 g/mol. The highest BCUT2D eigenvalue weighted by Gasteiger charge is 2.23. The maximum Gasteiger partial charge on any atom is 0.0850 e. The van der Waals surface area contributed by atoms with E-state index in [1.54, 1.807) is 0 Å². The summed E-state index contributed by atoms with van der Waals surface area (Å²) in [5, 5.41) is 0.745. The molecule has 5 heteroatoms. The van der Waals surface area contributed by atoms with Crippen LogP contribution in [0.2, 0.25) is 5.02 Å². The van der Waals surface area contributed by atoms with Crippen molar-refractivity contribution >= 4 is 27.5 Å². The number of halogens is 2. The van der Waals surface area contributed by atoms with Gasteiger partial charge in [-0.05, 0) is 40.5 Å². The first-order chi connectivity index (χ1) is 8.56. The molecule has 0 bridgehead atoms. The summed E-state index contributed by atoms with van der Waals surface area (Å²) >= 11 is 9.44. The third kappa shape index (κ3) is 3.68. The molecule has 0 amide bonds. The van der Waals surface area contributed by atoms with Crippen molar-refractivity contribution in [2.45, 2.75) is 25.6 Å². The Kier molecular flexibility index (Phi) is 5.04. The zero-order valence-electron chi connectivity index (χ0n) is 10.4. The molecule has 1 aromatic carbocycles. The quantitative estimate of drug-likeness (QED) is 0.924. The predicted octanol–water partition coefficient (Wildman–Crippen LogP) is 2.65. The fraction of sp³-hybridized carbons (Fsp3) is 0.538. The van der Waals surface area contributed by atoms with Crippen LogP contribution in [0.5, 0.6) is 0 Å². The number of rotatable bonds is 3. The van der Waals surface area contributed by atoms with Gasteiger partial charge in [0.15, 0.2) is 0 Å². The normalized spacial score (nSPS) is 23.0. The number of nitrogens with zero attached hydrogens (tertiary/aromatic N) is 1. The third-order valence-electron chi connectivity index (χ3n) is 3.15. The molecule has 0 spiro atoms. The van der Waals surface area contributed by atoms with E-state index in [0.717, 1.165) is 35.7 Å². The van der Waals surface area contributed by atoms with Crippen LogP contribution >= 0.6 is 27.5 Å². The van der Waals surface area contributed by atoms with Gasteiger partial charge >= 0.3 is 0 Å². The lowest BCUT2D eigenvalue weighted by molar-refractivity contribution is -0.0403. The Morgan fingerprint density at radius 3 is 3.06 bits per heavy atom. The molecule has 0 saturated carbocycles. The van der Waals surface area contributed by atoms with E-state index < -0.39 is 0 Å². The Labute approximate surface area is 121 Å². The van der Waals surface area contributed by atoms with Gasteiger partial charge in [-0.1, -0.05) is 17.7 Å². The Balaban J connectivity index is 1.98. The lowest BCUT2D eigenvalue weighted by Gasteiger charge is -2.34. The largest absolute Gasteiger partial charge is 0.374 e. The molecular formula is C13H18BrClN2O. The van der Waals surface area contributed by atoms with Crippen molar-refractivity contribution in [3.8, 4) is 0 Å². The predicted molar refractivity (Wildman–Crippen MR) is 77.8 cm³/mol. The molecule has 2 unspecified atom stereocenters. The average Bonchev–Trinajstić information content (AvgIpc) is 2.34. The molecule has 1 heterocycles. The summed E-state index contributed by atoms with van der Waals surface area (Å²) in [4.78, 5) is 2.37. The van der Waals surface area contributed by atoms with Crippen molar-refractivity contribution in [2.75, 3.05) is 19.7 Å². The Morgan fingerprint density at radius 1 is 1.61 bits per heavy atom. The maximum absolute atomic E-state index is 5.99. The van der Waals surface area contributed by atoms with Gasteiger partial charge in [0, 0.05) is 30.1 Å². The molecule has 1 aliphatic heterocycles. The molecule has 1 fully saturated rings. The van der Waals surface area contributed by atoms with Crippen LogP contribution in [0.15, 0.2) is 22.7 Å². The molecule has 1 aliphatic rings. The van der Waals surface area contributed by atoms with Crippen molar-refractivity contribution in [1.29, 1.82) is 0 Å². The summed E-state index contributed by atoms with van der Waals surface area (Å²) in [5.74, 6) is 0. The van der Waals surface area contributed by atoms with Gasteiger partial charge in [0.05, 0.1) is 17.7 Å². The first kappa shape index (κ1) is 14.3. The van der Waals surface area contributed by atoms with Crippen LogP contribution in [-0.2, 0) is 11.3 Å². The fourth-order valence-corrected chi connectivity index (χ4v) is 2.63. The minimum Gasteiger partial charge on any atom is -0.374 e. The van der Waals surface area contributed by atoms with Crippen LogP contribution in [0.3, 0.4) is 0 Å². The number of hydrogen-bond donors (Lipinski definition) is 1. The van der Waals surface area contributed by atoms with Gasteiger partial charge in [0.2, 0.25) is 0 Å². The molecule has 2 N–H and O–H groups in total. The van der Waals surface area contributed by atoms with Crippen molar-refractivity contribution in [3.63, 3.8) is 0 Å². The fourth-order valence-electron chi connectivity index (χ4n) is 2.09. The highest BCUT2D eigenvalue weighted by atomic mass is 79.9. The molecule has 0 aromatic heterocycles. The lowest BCUT2D eigenvalue weighted by Crippen LogP contribution is -2.49. The van der Waals surface area contributed by atoms with Crippen LogP contribution in [0.1, 0.15) is 12.5 Å². The van der Waals surface area contributed by atoms with Crippen LogP contribution < -0.4 is 5.73 Å². The number of nitrogens with two attached hydrogens (primary N) is 1. The Hall–Kier alpha value is -0.130. The van der Waals surface area contributed by atoms with E-state index in [9.17, 15) is 0 Å². The van der Waals surface area contributed by atoms with Gasteiger partial charge in [0.25, 0.3) is 0 Å². The van der Waals surface area contributed by atoms with E-state index in [1.807, 2.05) is 13.0 Å². The standard InChI is InChI=1S/C13H18BrClN2O/c1-9(16)13-8-17(4-5-18-13)7-10-2-3-12(15)11(14)6-10/h2-3,6,9,13H,4-5,7-8,16H2,1H3. The van der Waals surface area contributed by atoms with Gasteiger partial charge in [-0.2, -0.15) is 0 Å². The van der Waals surface area contributed by atoms with E-state index in [1.165, 1.54) is 5.56 Å². The van der Waals surface area contributed by atoms with Gasteiger partial charge < -0.3 is 10.5 Å². The van der Waals surface area contributed by atoms with Crippen molar-refractivity contribution in [1.82, 2.24) is 4.90 Å². The second-order valence-electron chi connectivity index (χ2n) is 4.75. The second-order valence-corrected chi connectivity index (χ2v) is 6.01. The maximum atomic E-state index is 5.99. The molecule has 18 heavy (non-hydrogen) atoms. The molecule has 2 atom stereocenters. The molecule has 0 aliphatic carbocycles. The molecule has 100 valence electrons. The zero-order valence-corrected chi connectivity index (χ0v) is 12.7. The van der Waals surface area contributed by atoms with Gasteiger partial charge in [0.1, 0.15) is 0 Å². The zero-order chi connectivity index (χ0) is 13.1. The van der Waals surface area contributed by atoms with E-state index in [2.05, 4.69) is 33.0 Å². The lowest BCUT2D eigenvalue weighted by atomic mass is 10.1. The number of hydrogen-bond acceptors (Lipinski definition) is 3. The van der Waals surface area contributed by atoms with Gasteiger partial charge in [-0.3, -0.25) is 4.90 Å². The van der Waals surface area contributed by atoms with Crippen LogP contribution in [0.4, 0.5) is 0 Å².